The van der Waals surface area contributed by atoms with Crippen LogP contribution >= 0.6 is 0 Å². The molecule has 2 aliphatic rings. The fraction of sp³-hybridized carbons (Fsp3) is 1.00. The molecule has 3 atom stereocenters. The summed E-state index contributed by atoms with van der Waals surface area (Å²) in [6.45, 7) is 13.9. The van der Waals surface area contributed by atoms with E-state index in [0.717, 1.165) is 13.2 Å². The van der Waals surface area contributed by atoms with Gasteiger partial charge in [0, 0.05) is 38.3 Å². The van der Waals surface area contributed by atoms with Crippen molar-refractivity contribution in [1.82, 2.24) is 10.2 Å². The molecular weight excluding hydrogens is 248 g/mol. The Morgan fingerprint density at radius 1 is 1.25 bits per heavy atom. The molecule has 0 aromatic carbocycles. The average molecular weight is 282 g/mol. The third kappa shape index (κ3) is 4.44. The smallest absolute Gasteiger partial charge is 0.0588 e. The molecule has 0 bridgehead atoms. The maximum Gasteiger partial charge on any atom is 0.0588 e. The molecule has 2 rings (SSSR count). The predicted molar refractivity (Wildman–Crippen MR) is 85.1 cm³/mol. The van der Waals surface area contributed by atoms with Crippen molar-refractivity contribution in [2.75, 3.05) is 26.2 Å². The Morgan fingerprint density at radius 2 is 2.05 bits per heavy atom. The lowest BCUT2D eigenvalue weighted by molar-refractivity contribution is 0.0328. The molecule has 2 heterocycles. The van der Waals surface area contributed by atoms with Crippen LogP contribution in [0.4, 0.5) is 0 Å². The average Bonchev–Trinajstić information content (AvgIpc) is 2.88. The molecule has 0 saturated carbocycles. The molecule has 118 valence electrons. The van der Waals surface area contributed by atoms with Gasteiger partial charge in [0.05, 0.1) is 6.10 Å². The first-order valence-electron chi connectivity index (χ1n) is 8.59. The topological polar surface area (TPSA) is 24.5 Å². The Bertz CT molecular complexity index is 281. The van der Waals surface area contributed by atoms with Crippen LogP contribution in [0.2, 0.25) is 0 Å². The van der Waals surface area contributed by atoms with Gasteiger partial charge in [-0.05, 0) is 31.1 Å². The van der Waals surface area contributed by atoms with E-state index >= 15 is 0 Å². The van der Waals surface area contributed by atoms with Gasteiger partial charge in [0.15, 0.2) is 0 Å². The van der Waals surface area contributed by atoms with Gasteiger partial charge in [0.2, 0.25) is 0 Å². The van der Waals surface area contributed by atoms with E-state index in [1.807, 2.05) is 0 Å². The van der Waals surface area contributed by atoms with E-state index < -0.39 is 0 Å². The van der Waals surface area contributed by atoms with Crippen LogP contribution in [0.5, 0.6) is 0 Å². The number of nitrogens with zero attached hydrogens (tertiary/aromatic N) is 1. The number of piperazine rings is 1. The van der Waals surface area contributed by atoms with E-state index in [1.165, 1.54) is 45.2 Å². The van der Waals surface area contributed by atoms with Crippen LogP contribution in [-0.4, -0.2) is 49.3 Å². The lowest BCUT2D eigenvalue weighted by Gasteiger charge is -2.46. The van der Waals surface area contributed by atoms with Crippen molar-refractivity contribution < 1.29 is 4.74 Å². The zero-order valence-electron chi connectivity index (χ0n) is 14.0. The minimum absolute atomic E-state index is 0.348. The molecule has 1 N–H and O–H groups in total. The Balaban J connectivity index is 1.90. The van der Waals surface area contributed by atoms with Crippen molar-refractivity contribution in [2.45, 2.75) is 78.0 Å². The van der Waals surface area contributed by atoms with E-state index in [2.05, 4.69) is 37.9 Å². The van der Waals surface area contributed by atoms with Crippen molar-refractivity contribution in [3.05, 3.63) is 0 Å². The third-order valence-corrected chi connectivity index (χ3v) is 4.89. The lowest BCUT2D eigenvalue weighted by Crippen LogP contribution is -2.60. The van der Waals surface area contributed by atoms with Crippen LogP contribution in [0.3, 0.4) is 0 Å². The molecule has 20 heavy (non-hydrogen) atoms. The standard InChI is InChI=1S/C17H34N2O/c1-5-7-14-13-19(10-9-15-8-6-11-20-15)16(12-18-14)17(2,3)4/h14-16,18H,5-13H2,1-4H3. The Morgan fingerprint density at radius 3 is 2.65 bits per heavy atom. The number of nitrogens with one attached hydrogen (secondary N) is 1. The SMILES string of the molecule is CCCC1CN(CCC2CCCO2)C(C(C)(C)C)CN1. The van der Waals surface area contributed by atoms with E-state index in [-0.39, 0.29) is 0 Å². The van der Waals surface area contributed by atoms with Gasteiger partial charge < -0.3 is 10.1 Å². The first kappa shape index (κ1) is 16.3. The van der Waals surface area contributed by atoms with Gasteiger partial charge >= 0.3 is 0 Å². The molecule has 0 amide bonds. The molecule has 0 aromatic rings. The molecule has 2 fully saturated rings. The summed E-state index contributed by atoms with van der Waals surface area (Å²) in [7, 11) is 0. The number of rotatable bonds is 5. The summed E-state index contributed by atoms with van der Waals surface area (Å²) in [5.41, 5.74) is 0.348. The summed E-state index contributed by atoms with van der Waals surface area (Å²) in [6.07, 6.45) is 6.84. The second-order valence-corrected chi connectivity index (χ2v) is 7.69. The van der Waals surface area contributed by atoms with Crippen LogP contribution in [0.25, 0.3) is 0 Å². The highest BCUT2D eigenvalue weighted by molar-refractivity contribution is 4.92. The van der Waals surface area contributed by atoms with Crippen molar-refractivity contribution in [2.24, 2.45) is 5.41 Å². The molecule has 0 aliphatic carbocycles. The molecule has 2 aliphatic heterocycles. The Kier molecular flexibility index (Phi) is 5.88. The second-order valence-electron chi connectivity index (χ2n) is 7.69. The van der Waals surface area contributed by atoms with Crippen LogP contribution in [-0.2, 0) is 4.74 Å². The highest BCUT2D eigenvalue weighted by Gasteiger charge is 2.35. The summed E-state index contributed by atoms with van der Waals surface area (Å²) in [4.78, 5) is 2.73. The summed E-state index contributed by atoms with van der Waals surface area (Å²) in [5.74, 6) is 0. The minimum Gasteiger partial charge on any atom is -0.378 e. The third-order valence-electron chi connectivity index (χ3n) is 4.89. The highest BCUT2D eigenvalue weighted by atomic mass is 16.5. The molecular formula is C17H34N2O. The summed E-state index contributed by atoms with van der Waals surface area (Å²) >= 11 is 0. The van der Waals surface area contributed by atoms with Crippen LogP contribution in [0.1, 0.15) is 59.8 Å². The summed E-state index contributed by atoms with van der Waals surface area (Å²) in [5, 5.41) is 3.76. The first-order valence-corrected chi connectivity index (χ1v) is 8.59. The van der Waals surface area contributed by atoms with Crippen LogP contribution in [0, 0.1) is 5.41 Å². The fourth-order valence-electron chi connectivity index (χ4n) is 3.71. The van der Waals surface area contributed by atoms with Crippen molar-refractivity contribution >= 4 is 0 Å². The quantitative estimate of drug-likeness (QED) is 0.839. The summed E-state index contributed by atoms with van der Waals surface area (Å²) < 4.78 is 5.80. The molecule has 3 unspecified atom stereocenters. The molecule has 0 aromatic heterocycles. The van der Waals surface area contributed by atoms with Crippen LogP contribution in [0.15, 0.2) is 0 Å². The Hall–Kier alpha value is -0.120. The Labute approximate surface area is 125 Å². The highest BCUT2D eigenvalue weighted by Crippen LogP contribution is 2.28. The van der Waals surface area contributed by atoms with Gasteiger partial charge in [-0.15, -0.1) is 0 Å². The van der Waals surface area contributed by atoms with Crippen LogP contribution < -0.4 is 5.32 Å². The zero-order chi connectivity index (χ0) is 14.6. The van der Waals surface area contributed by atoms with Gasteiger partial charge in [-0.2, -0.15) is 0 Å². The van der Waals surface area contributed by atoms with E-state index in [4.69, 9.17) is 4.74 Å². The van der Waals surface area contributed by atoms with Gasteiger partial charge in [0.1, 0.15) is 0 Å². The largest absolute Gasteiger partial charge is 0.378 e. The monoisotopic (exact) mass is 282 g/mol. The fourth-order valence-corrected chi connectivity index (χ4v) is 3.71. The molecule has 3 heteroatoms. The van der Waals surface area contributed by atoms with Crippen molar-refractivity contribution in [1.29, 1.82) is 0 Å². The zero-order valence-corrected chi connectivity index (χ0v) is 14.0. The van der Waals surface area contributed by atoms with Gasteiger partial charge in [0.25, 0.3) is 0 Å². The molecule has 0 spiro atoms. The normalized spacial score (nSPS) is 32.7. The molecule has 0 radical (unpaired) electrons. The second kappa shape index (κ2) is 7.24. The first-order chi connectivity index (χ1) is 9.50. The maximum atomic E-state index is 5.80. The lowest BCUT2D eigenvalue weighted by atomic mass is 9.83. The molecule has 2 saturated heterocycles. The van der Waals surface area contributed by atoms with Gasteiger partial charge in [-0.1, -0.05) is 34.1 Å². The number of hydrogen-bond acceptors (Lipinski definition) is 3. The van der Waals surface area contributed by atoms with Crippen molar-refractivity contribution in [3.63, 3.8) is 0 Å². The van der Waals surface area contributed by atoms with Gasteiger partial charge in [-0.3, -0.25) is 4.90 Å². The minimum atomic E-state index is 0.348. The van der Waals surface area contributed by atoms with Gasteiger partial charge in [-0.25, -0.2) is 0 Å². The predicted octanol–water partition coefficient (Wildman–Crippen LogP) is 3.04. The van der Waals surface area contributed by atoms with E-state index in [0.29, 0.717) is 23.6 Å². The number of ether oxygens (including phenoxy) is 1. The molecule has 3 nitrogen and oxygen atoms in total. The van der Waals surface area contributed by atoms with E-state index in [1.54, 1.807) is 0 Å². The maximum absolute atomic E-state index is 5.80. The number of hydrogen-bond donors (Lipinski definition) is 1. The van der Waals surface area contributed by atoms with Crippen molar-refractivity contribution in [3.8, 4) is 0 Å². The summed E-state index contributed by atoms with van der Waals surface area (Å²) in [6, 6.07) is 1.33. The van der Waals surface area contributed by atoms with E-state index in [9.17, 15) is 0 Å².